The zero-order valence-corrected chi connectivity index (χ0v) is 10.7. The van der Waals surface area contributed by atoms with Crippen molar-refractivity contribution in [2.75, 3.05) is 6.54 Å². The molecule has 94 valence electrons. The van der Waals surface area contributed by atoms with Crippen LogP contribution in [0.1, 0.15) is 11.3 Å². The van der Waals surface area contributed by atoms with Crippen LogP contribution in [-0.2, 0) is 6.42 Å². The molecular weight excluding hydrogens is 250 g/mol. The number of nitro groups is 1. The van der Waals surface area contributed by atoms with Crippen molar-refractivity contribution in [3.63, 3.8) is 0 Å². The number of nitrogens with two attached hydrogens (primary N) is 1. The normalized spacial score (nSPS) is 10.6. The third-order valence-corrected chi connectivity index (χ3v) is 3.54. The number of non-ortho nitro benzene ring substituents is 1. The van der Waals surface area contributed by atoms with Crippen LogP contribution in [0.3, 0.4) is 0 Å². The van der Waals surface area contributed by atoms with Crippen LogP contribution in [0.2, 0.25) is 0 Å². The fourth-order valence-electron chi connectivity index (χ4n) is 1.65. The van der Waals surface area contributed by atoms with Crippen LogP contribution in [-0.4, -0.2) is 16.5 Å². The second kappa shape index (κ2) is 5.24. The highest BCUT2D eigenvalue weighted by Crippen LogP contribution is 2.30. The topological polar surface area (TPSA) is 82.0 Å². The number of nitro benzene ring substituents is 1. The van der Waals surface area contributed by atoms with Crippen LogP contribution in [0.5, 0.6) is 0 Å². The molecule has 0 amide bonds. The van der Waals surface area contributed by atoms with Crippen molar-refractivity contribution in [1.29, 1.82) is 0 Å². The molecule has 0 saturated heterocycles. The lowest BCUT2D eigenvalue weighted by Crippen LogP contribution is -2.02. The maximum atomic E-state index is 10.8. The van der Waals surface area contributed by atoms with E-state index in [0.29, 0.717) is 6.54 Å². The maximum absolute atomic E-state index is 10.8. The quantitative estimate of drug-likeness (QED) is 0.678. The van der Waals surface area contributed by atoms with E-state index in [1.54, 1.807) is 12.1 Å². The van der Waals surface area contributed by atoms with Crippen molar-refractivity contribution in [1.82, 2.24) is 4.98 Å². The van der Waals surface area contributed by atoms with E-state index in [1.807, 2.05) is 12.3 Å². The van der Waals surface area contributed by atoms with Crippen LogP contribution in [0.15, 0.2) is 23.6 Å². The minimum absolute atomic E-state index is 0.0891. The van der Waals surface area contributed by atoms with Gasteiger partial charge in [-0.1, -0.05) is 6.07 Å². The minimum Gasteiger partial charge on any atom is -0.330 e. The average molecular weight is 263 g/mol. The van der Waals surface area contributed by atoms with Gasteiger partial charge in [0.05, 0.1) is 10.6 Å². The lowest BCUT2D eigenvalue weighted by molar-refractivity contribution is -0.384. The molecule has 0 aliphatic carbocycles. The zero-order chi connectivity index (χ0) is 13.1. The van der Waals surface area contributed by atoms with Gasteiger partial charge in [-0.25, -0.2) is 4.98 Å². The maximum Gasteiger partial charge on any atom is 0.270 e. The standard InChI is InChI=1S/C12H13N3O2S/c1-8-2-3-10(15(16)17)6-11(8)12-14-9(4-5-13)7-18-12/h2-3,6-7H,4-5,13H2,1H3. The summed E-state index contributed by atoms with van der Waals surface area (Å²) in [4.78, 5) is 14.8. The fourth-order valence-corrected chi connectivity index (χ4v) is 2.58. The van der Waals surface area contributed by atoms with Gasteiger partial charge in [0, 0.05) is 29.5 Å². The predicted molar refractivity (Wildman–Crippen MR) is 71.7 cm³/mol. The largest absolute Gasteiger partial charge is 0.330 e. The summed E-state index contributed by atoms with van der Waals surface area (Å²) in [6, 6.07) is 4.82. The molecule has 0 atom stereocenters. The van der Waals surface area contributed by atoms with Gasteiger partial charge in [0.1, 0.15) is 5.01 Å². The van der Waals surface area contributed by atoms with E-state index < -0.39 is 4.92 Å². The number of thiazole rings is 1. The van der Waals surface area contributed by atoms with E-state index in [2.05, 4.69) is 4.98 Å². The second-order valence-electron chi connectivity index (χ2n) is 3.94. The van der Waals surface area contributed by atoms with E-state index in [4.69, 9.17) is 5.73 Å². The molecule has 0 radical (unpaired) electrons. The van der Waals surface area contributed by atoms with Crippen LogP contribution in [0.4, 0.5) is 5.69 Å². The number of hydrogen-bond acceptors (Lipinski definition) is 5. The summed E-state index contributed by atoms with van der Waals surface area (Å²) in [5.41, 5.74) is 8.30. The molecule has 2 rings (SSSR count). The molecular formula is C12H13N3O2S. The fraction of sp³-hybridized carbons (Fsp3) is 0.250. The Bertz CT molecular complexity index is 580. The molecule has 0 fully saturated rings. The lowest BCUT2D eigenvalue weighted by Gasteiger charge is -2.01. The molecule has 0 aliphatic heterocycles. The van der Waals surface area contributed by atoms with Gasteiger partial charge in [-0.2, -0.15) is 0 Å². The van der Waals surface area contributed by atoms with Crippen molar-refractivity contribution in [3.8, 4) is 10.6 Å². The van der Waals surface area contributed by atoms with Gasteiger partial charge in [-0.3, -0.25) is 10.1 Å². The first-order valence-electron chi connectivity index (χ1n) is 5.51. The number of rotatable bonds is 4. The smallest absolute Gasteiger partial charge is 0.270 e. The number of aryl methyl sites for hydroxylation is 1. The van der Waals surface area contributed by atoms with Crippen LogP contribution in [0, 0.1) is 17.0 Å². The number of benzene rings is 1. The van der Waals surface area contributed by atoms with Gasteiger partial charge < -0.3 is 5.73 Å². The zero-order valence-electron chi connectivity index (χ0n) is 9.92. The molecule has 2 aromatic rings. The minimum atomic E-state index is -0.392. The van der Waals surface area contributed by atoms with E-state index >= 15 is 0 Å². The monoisotopic (exact) mass is 263 g/mol. The van der Waals surface area contributed by atoms with Crippen molar-refractivity contribution >= 4 is 17.0 Å². The van der Waals surface area contributed by atoms with Gasteiger partial charge >= 0.3 is 0 Å². The van der Waals surface area contributed by atoms with Gasteiger partial charge in [0.15, 0.2) is 0 Å². The van der Waals surface area contributed by atoms with Crippen molar-refractivity contribution < 1.29 is 4.92 Å². The molecule has 0 bridgehead atoms. The van der Waals surface area contributed by atoms with Gasteiger partial charge in [-0.15, -0.1) is 11.3 Å². The van der Waals surface area contributed by atoms with Crippen LogP contribution in [0.25, 0.3) is 10.6 Å². The van der Waals surface area contributed by atoms with Gasteiger partial charge in [0.2, 0.25) is 0 Å². The third-order valence-electron chi connectivity index (χ3n) is 2.61. The summed E-state index contributed by atoms with van der Waals surface area (Å²) < 4.78 is 0. The second-order valence-corrected chi connectivity index (χ2v) is 4.80. The summed E-state index contributed by atoms with van der Waals surface area (Å²) in [5.74, 6) is 0. The van der Waals surface area contributed by atoms with Crippen LogP contribution < -0.4 is 5.73 Å². The molecule has 0 unspecified atom stereocenters. The first kappa shape index (κ1) is 12.7. The molecule has 1 aromatic heterocycles. The Morgan fingerprint density at radius 1 is 1.50 bits per heavy atom. The van der Waals surface area contributed by atoms with Crippen molar-refractivity contribution in [2.24, 2.45) is 5.73 Å². The Labute approximate surface area is 108 Å². The Morgan fingerprint density at radius 3 is 2.94 bits per heavy atom. The van der Waals surface area contributed by atoms with Crippen LogP contribution >= 0.6 is 11.3 Å². The number of hydrogen-bond donors (Lipinski definition) is 1. The molecule has 2 N–H and O–H groups in total. The highest BCUT2D eigenvalue weighted by Gasteiger charge is 2.12. The highest BCUT2D eigenvalue weighted by atomic mass is 32.1. The molecule has 6 heteroatoms. The molecule has 18 heavy (non-hydrogen) atoms. The molecule has 1 aromatic carbocycles. The summed E-state index contributed by atoms with van der Waals surface area (Å²) in [7, 11) is 0. The average Bonchev–Trinajstić information content (AvgIpc) is 2.78. The van der Waals surface area contributed by atoms with E-state index in [0.717, 1.165) is 28.2 Å². The van der Waals surface area contributed by atoms with Gasteiger partial charge in [-0.05, 0) is 19.0 Å². The van der Waals surface area contributed by atoms with Crippen molar-refractivity contribution in [2.45, 2.75) is 13.3 Å². The molecule has 1 heterocycles. The number of aromatic nitrogens is 1. The summed E-state index contributed by atoms with van der Waals surface area (Å²) in [5, 5.41) is 13.5. The molecule has 5 nitrogen and oxygen atoms in total. The summed E-state index contributed by atoms with van der Waals surface area (Å²) in [6.45, 7) is 2.47. The van der Waals surface area contributed by atoms with E-state index in [9.17, 15) is 10.1 Å². The SMILES string of the molecule is Cc1ccc([N+](=O)[O-])cc1-c1nc(CCN)cs1. The first-order valence-corrected chi connectivity index (χ1v) is 6.39. The summed E-state index contributed by atoms with van der Waals surface area (Å²) >= 11 is 1.49. The van der Waals surface area contributed by atoms with E-state index in [1.165, 1.54) is 17.4 Å². The Morgan fingerprint density at radius 2 is 2.28 bits per heavy atom. The predicted octanol–water partition coefficient (Wildman–Crippen LogP) is 2.53. The van der Waals surface area contributed by atoms with E-state index in [-0.39, 0.29) is 5.69 Å². The Kier molecular flexibility index (Phi) is 3.69. The first-order chi connectivity index (χ1) is 8.61. The Balaban J connectivity index is 2.41. The third kappa shape index (κ3) is 2.55. The van der Waals surface area contributed by atoms with Crippen molar-refractivity contribution in [3.05, 3.63) is 45.0 Å². The molecule has 0 saturated carbocycles. The molecule has 0 spiro atoms. The Hall–Kier alpha value is -1.79. The number of nitrogens with zero attached hydrogens (tertiary/aromatic N) is 2. The van der Waals surface area contributed by atoms with Gasteiger partial charge in [0.25, 0.3) is 5.69 Å². The highest BCUT2D eigenvalue weighted by molar-refractivity contribution is 7.13. The summed E-state index contributed by atoms with van der Waals surface area (Å²) in [6.07, 6.45) is 0.727. The lowest BCUT2D eigenvalue weighted by atomic mass is 10.1. The molecule has 0 aliphatic rings.